The predicted molar refractivity (Wildman–Crippen MR) is 107 cm³/mol. The van der Waals surface area contributed by atoms with Crippen molar-refractivity contribution in [2.45, 2.75) is 32.6 Å². The van der Waals surface area contributed by atoms with Crippen LogP contribution < -0.4 is 34.2 Å². The van der Waals surface area contributed by atoms with Gasteiger partial charge in [-0.2, -0.15) is 0 Å². The molecule has 0 bridgehead atoms. The maximum Gasteiger partial charge on any atom is 1.00 e. The third-order valence-corrected chi connectivity index (χ3v) is 6.05. The number of benzene rings is 2. The first kappa shape index (κ1) is 23.2. The first-order chi connectivity index (χ1) is 12.2. The van der Waals surface area contributed by atoms with Crippen LogP contribution in [0.15, 0.2) is 42.5 Å². The molecule has 2 aromatic carbocycles. The summed E-state index contributed by atoms with van der Waals surface area (Å²) in [6.45, 7) is 2.89. The van der Waals surface area contributed by atoms with Crippen molar-refractivity contribution in [3.8, 4) is 5.75 Å². The van der Waals surface area contributed by atoms with Gasteiger partial charge in [-0.3, -0.25) is 4.79 Å². The standard InChI is InChI=1S/C20H24ClO3P.Li.H/c1-3-4-5-9-12-24-25(17-10-7-6-8-11-17)18-13-16(15-22)20(23-2)19(21)14-18;;/h6-8,10-11,13-15H,3-5,9,12H2,1-2H3;;/q;+1;-1. The van der Waals surface area contributed by atoms with Gasteiger partial charge < -0.3 is 10.7 Å². The molecule has 0 aliphatic carbocycles. The summed E-state index contributed by atoms with van der Waals surface area (Å²) in [5.74, 6) is 0.409. The van der Waals surface area contributed by atoms with Gasteiger partial charge in [-0.1, -0.05) is 68.1 Å². The van der Waals surface area contributed by atoms with Gasteiger partial charge >= 0.3 is 18.9 Å². The van der Waals surface area contributed by atoms with Crippen LogP contribution in [-0.2, 0) is 4.52 Å². The largest absolute Gasteiger partial charge is 1.00 e. The van der Waals surface area contributed by atoms with E-state index in [1.807, 2.05) is 30.3 Å². The van der Waals surface area contributed by atoms with Gasteiger partial charge in [-0.15, -0.1) is 0 Å². The Balaban J connectivity index is 0.00000338. The number of ether oxygens (including phenoxy) is 1. The number of hydrogen-bond donors (Lipinski definition) is 0. The van der Waals surface area contributed by atoms with Crippen molar-refractivity contribution in [2.24, 2.45) is 0 Å². The fourth-order valence-corrected chi connectivity index (χ4v) is 4.80. The van der Waals surface area contributed by atoms with Crippen LogP contribution in [0.1, 0.15) is 44.4 Å². The number of unbranched alkanes of at least 4 members (excludes halogenated alkanes) is 3. The molecule has 0 aliphatic heterocycles. The summed E-state index contributed by atoms with van der Waals surface area (Å²) >= 11 is 6.32. The van der Waals surface area contributed by atoms with Crippen molar-refractivity contribution in [3.63, 3.8) is 0 Å². The zero-order valence-corrected chi connectivity index (χ0v) is 17.4. The third kappa shape index (κ3) is 6.41. The van der Waals surface area contributed by atoms with Gasteiger partial charge in [0, 0.05) is 10.6 Å². The maximum atomic E-state index is 11.4. The Morgan fingerprint density at radius 3 is 2.46 bits per heavy atom. The van der Waals surface area contributed by atoms with E-state index in [0.29, 0.717) is 22.9 Å². The smallest absolute Gasteiger partial charge is 1.00 e. The van der Waals surface area contributed by atoms with Crippen molar-refractivity contribution < 1.29 is 34.3 Å². The van der Waals surface area contributed by atoms with Crippen molar-refractivity contribution >= 4 is 36.6 Å². The molecule has 0 heterocycles. The molecule has 0 aromatic heterocycles. The molecule has 3 nitrogen and oxygen atoms in total. The van der Waals surface area contributed by atoms with Gasteiger partial charge in [0.05, 0.1) is 32.5 Å². The normalized spacial score (nSPS) is 11.5. The molecule has 2 rings (SSSR count). The van der Waals surface area contributed by atoms with Crippen LogP contribution in [0.3, 0.4) is 0 Å². The van der Waals surface area contributed by atoms with Crippen LogP contribution in [0, 0.1) is 0 Å². The Kier molecular flexibility index (Phi) is 11.2. The Morgan fingerprint density at radius 2 is 1.85 bits per heavy atom. The summed E-state index contributed by atoms with van der Waals surface area (Å²) in [5.41, 5.74) is 0.447. The Bertz CT molecular complexity index is 688. The zero-order valence-electron chi connectivity index (χ0n) is 16.7. The molecule has 136 valence electrons. The monoisotopic (exact) mass is 386 g/mol. The molecule has 1 atom stereocenters. The van der Waals surface area contributed by atoms with Crippen LogP contribution in [0.2, 0.25) is 5.02 Å². The molecule has 0 spiro atoms. The minimum atomic E-state index is -1.03. The second-order valence-corrected chi connectivity index (χ2v) is 7.98. The molecule has 26 heavy (non-hydrogen) atoms. The van der Waals surface area contributed by atoms with E-state index in [1.54, 1.807) is 0 Å². The number of aldehydes is 1. The molecule has 0 radical (unpaired) electrons. The molecule has 0 N–H and O–H groups in total. The van der Waals surface area contributed by atoms with Crippen molar-refractivity contribution in [1.29, 1.82) is 0 Å². The van der Waals surface area contributed by atoms with Gasteiger partial charge in [-0.05, 0) is 18.6 Å². The second-order valence-electron chi connectivity index (χ2n) is 5.69. The van der Waals surface area contributed by atoms with Crippen LogP contribution in [0.5, 0.6) is 5.75 Å². The van der Waals surface area contributed by atoms with E-state index in [0.717, 1.165) is 29.7 Å². The Morgan fingerprint density at radius 1 is 1.12 bits per heavy atom. The minimum Gasteiger partial charge on any atom is -1.00 e. The molecule has 0 aliphatic rings. The summed E-state index contributed by atoms with van der Waals surface area (Å²) in [4.78, 5) is 11.4. The average Bonchev–Trinajstić information content (AvgIpc) is 2.64. The fourth-order valence-electron chi connectivity index (χ4n) is 2.57. The van der Waals surface area contributed by atoms with E-state index in [4.69, 9.17) is 20.9 Å². The van der Waals surface area contributed by atoms with Crippen molar-refractivity contribution in [1.82, 2.24) is 0 Å². The van der Waals surface area contributed by atoms with E-state index in [2.05, 4.69) is 19.1 Å². The van der Waals surface area contributed by atoms with Crippen molar-refractivity contribution in [2.75, 3.05) is 13.7 Å². The maximum absolute atomic E-state index is 11.4. The second kappa shape index (κ2) is 12.6. The van der Waals surface area contributed by atoms with E-state index in [1.165, 1.54) is 20.0 Å². The number of halogens is 1. The van der Waals surface area contributed by atoms with Gasteiger partial charge in [0.1, 0.15) is 5.75 Å². The first-order valence-electron chi connectivity index (χ1n) is 8.52. The molecule has 0 saturated carbocycles. The van der Waals surface area contributed by atoms with Crippen LogP contribution in [0.25, 0.3) is 0 Å². The molecular weight excluding hydrogens is 362 g/mol. The minimum absolute atomic E-state index is 0. The average molecular weight is 387 g/mol. The summed E-state index contributed by atoms with van der Waals surface area (Å²) < 4.78 is 11.5. The molecule has 2 aromatic rings. The van der Waals surface area contributed by atoms with Crippen LogP contribution in [-0.4, -0.2) is 20.0 Å². The number of hydrogen-bond acceptors (Lipinski definition) is 3. The topological polar surface area (TPSA) is 35.5 Å². The summed E-state index contributed by atoms with van der Waals surface area (Å²) in [6.07, 6.45) is 5.38. The Labute approximate surface area is 175 Å². The molecule has 1 unspecified atom stereocenters. The van der Waals surface area contributed by atoms with E-state index < -0.39 is 8.15 Å². The van der Waals surface area contributed by atoms with E-state index in [9.17, 15) is 4.79 Å². The summed E-state index contributed by atoms with van der Waals surface area (Å²) in [7, 11) is 0.486. The van der Waals surface area contributed by atoms with Gasteiger partial charge in [0.15, 0.2) is 6.29 Å². The molecular formula is C20H25ClLiO3P. The van der Waals surface area contributed by atoms with Crippen LogP contribution >= 0.6 is 19.7 Å². The first-order valence-corrected chi connectivity index (χ1v) is 10.2. The quantitative estimate of drug-likeness (QED) is 0.272. The fraction of sp³-hybridized carbons (Fsp3) is 0.350. The summed E-state index contributed by atoms with van der Waals surface area (Å²) in [6, 6.07) is 13.7. The zero-order chi connectivity index (χ0) is 18.1. The number of methoxy groups -OCH3 is 1. The molecule has 0 fully saturated rings. The number of carbonyl (C=O) groups is 1. The van der Waals surface area contributed by atoms with E-state index in [-0.39, 0.29) is 20.3 Å². The third-order valence-electron chi connectivity index (χ3n) is 3.83. The molecule has 0 amide bonds. The predicted octanol–water partition coefficient (Wildman–Crippen LogP) is 2.22. The summed E-state index contributed by atoms with van der Waals surface area (Å²) in [5, 5.41) is 2.45. The molecule has 6 heteroatoms. The van der Waals surface area contributed by atoms with E-state index >= 15 is 0 Å². The Hall–Kier alpha value is -0.813. The molecule has 0 saturated heterocycles. The van der Waals surface area contributed by atoms with Gasteiger partial charge in [0.25, 0.3) is 0 Å². The van der Waals surface area contributed by atoms with Gasteiger partial charge in [-0.25, -0.2) is 0 Å². The SMILES string of the molecule is CCCCCCOP(c1ccccc1)c1cc(Cl)c(OC)c(C=O)c1.[H-].[Li+]. The van der Waals surface area contributed by atoms with Crippen molar-refractivity contribution in [3.05, 3.63) is 53.1 Å². The van der Waals surface area contributed by atoms with Crippen LogP contribution in [0.4, 0.5) is 0 Å². The number of carbonyl (C=O) groups excluding carboxylic acids is 1. The number of rotatable bonds is 10. The van der Waals surface area contributed by atoms with Gasteiger partial charge in [0.2, 0.25) is 0 Å².